The zero-order valence-corrected chi connectivity index (χ0v) is 18.5. The SMILES string of the molecule is COc1cc(/C=C/C(=O)NCCNc2ccc(-n3ccc(C)n3)nn2)cc(OC)c1OC. The highest BCUT2D eigenvalue weighted by molar-refractivity contribution is 5.91. The van der Waals surface area contributed by atoms with Gasteiger partial charge in [-0.2, -0.15) is 5.10 Å². The fraction of sp³-hybridized carbons (Fsp3) is 0.273. The topological polar surface area (TPSA) is 112 Å². The zero-order valence-electron chi connectivity index (χ0n) is 18.5. The molecule has 32 heavy (non-hydrogen) atoms. The van der Waals surface area contributed by atoms with Crippen molar-refractivity contribution in [1.82, 2.24) is 25.3 Å². The second-order valence-corrected chi connectivity index (χ2v) is 6.69. The number of aromatic nitrogens is 4. The highest BCUT2D eigenvalue weighted by Crippen LogP contribution is 2.38. The van der Waals surface area contributed by atoms with E-state index in [1.165, 1.54) is 13.2 Å². The molecule has 2 aromatic heterocycles. The molecule has 3 rings (SSSR count). The van der Waals surface area contributed by atoms with Crippen LogP contribution in [-0.2, 0) is 4.79 Å². The van der Waals surface area contributed by atoms with E-state index < -0.39 is 0 Å². The zero-order chi connectivity index (χ0) is 22.9. The summed E-state index contributed by atoms with van der Waals surface area (Å²) in [5.41, 5.74) is 1.65. The van der Waals surface area contributed by atoms with E-state index in [4.69, 9.17) is 14.2 Å². The Morgan fingerprint density at radius 3 is 2.34 bits per heavy atom. The summed E-state index contributed by atoms with van der Waals surface area (Å²) in [6, 6.07) is 9.05. The summed E-state index contributed by atoms with van der Waals surface area (Å²) >= 11 is 0. The molecule has 0 saturated heterocycles. The van der Waals surface area contributed by atoms with Crippen molar-refractivity contribution in [1.29, 1.82) is 0 Å². The van der Waals surface area contributed by atoms with Crippen molar-refractivity contribution in [3.63, 3.8) is 0 Å². The number of benzene rings is 1. The maximum atomic E-state index is 12.1. The molecule has 3 aromatic rings. The third-order valence-electron chi connectivity index (χ3n) is 4.45. The first-order valence-corrected chi connectivity index (χ1v) is 9.90. The lowest BCUT2D eigenvalue weighted by molar-refractivity contribution is -0.116. The van der Waals surface area contributed by atoms with Crippen molar-refractivity contribution >= 4 is 17.8 Å². The molecule has 2 N–H and O–H groups in total. The minimum absolute atomic E-state index is 0.226. The minimum atomic E-state index is -0.226. The standard InChI is InChI=1S/C22H26N6O4/c1-15-9-12-28(27-15)20-7-6-19(25-26-20)23-10-11-24-21(29)8-5-16-13-17(30-2)22(32-4)18(14-16)31-3/h5-9,12-14H,10-11H2,1-4H3,(H,23,25)(H,24,29)/b8-5+. The molecule has 2 heterocycles. The number of hydrogen-bond donors (Lipinski definition) is 2. The van der Waals surface area contributed by atoms with Gasteiger partial charge >= 0.3 is 0 Å². The van der Waals surface area contributed by atoms with Gasteiger partial charge in [0.2, 0.25) is 11.7 Å². The average Bonchev–Trinajstić information content (AvgIpc) is 3.26. The van der Waals surface area contributed by atoms with Gasteiger partial charge in [0.05, 0.1) is 27.0 Å². The van der Waals surface area contributed by atoms with Gasteiger partial charge in [-0.05, 0) is 48.9 Å². The molecule has 0 saturated carbocycles. The number of amides is 1. The average molecular weight is 438 g/mol. The number of anilines is 1. The molecule has 0 radical (unpaired) electrons. The van der Waals surface area contributed by atoms with Crippen molar-refractivity contribution in [3.8, 4) is 23.1 Å². The number of ether oxygens (including phenoxy) is 3. The fourth-order valence-corrected chi connectivity index (χ4v) is 2.89. The number of rotatable bonds is 10. The van der Waals surface area contributed by atoms with Crippen LogP contribution in [0.3, 0.4) is 0 Å². The Morgan fingerprint density at radius 2 is 1.78 bits per heavy atom. The molecule has 0 unspecified atom stereocenters. The van der Waals surface area contributed by atoms with Crippen LogP contribution >= 0.6 is 0 Å². The van der Waals surface area contributed by atoms with Gasteiger partial charge < -0.3 is 24.8 Å². The van der Waals surface area contributed by atoms with Crippen molar-refractivity contribution in [2.75, 3.05) is 39.7 Å². The molecule has 168 valence electrons. The van der Waals surface area contributed by atoms with Crippen molar-refractivity contribution in [3.05, 3.63) is 53.9 Å². The lowest BCUT2D eigenvalue weighted by Crippen LogP contribution is -2.27. The second-order valence-electron chi connectivity index (χ2n) is 6.69. The Balaban J connectivity index is 1.47. The highest BCUT2D eigenvalue weighted by atomic mass is 16.5. The number of methoxy groups -OCH3 is 3. The molecule has 1 amide bonds. The summed E-state index contributed by atoms with van der Waals surface area (Å²) in [4.78, 5) is 12.1. The normalized spacial score (nSPS) is 10.8. The predicted octanol–water partition coefficient (Wildman–Crippen LogP) is 2.24. The van der Waals surface area contributed by atoms with Gasteiger partial charge in [-0.1, -0.05) is 0 Å². The Hall–Kier alpha value is -4.08. The van der Waals surface area contributed by atoms with Crippen LogP contribution in [0.5, 0.6) is 17.2 Å². The van der Waals surface area contributed by atoms with Gasteiger partial charge in [0.25, 0.3) is 0 Å². The van der Waals surface area contributed by atoms with Gasteiger partial charge in [-0.3, -0.25) is 4.79 Å². The Labute approximate surface area is 186 Å². The van der Waals surface area contributed by atoms with Crippen LogP contribution in [0.1, 0.15) is 11.3 Å². The lowest BCUT2D eigenvalue weighted by atomic mass is 10.1. The van der Waals surface area contributed by atoms with Crippen LogP contribution < -0.4 is 24.8 Å². The van der Waals surface area contributed by atoms with E-state index in [-0.39, 0.29) is 5.91 Å². The molecule has 0 aliphatic heterocycles. The number of hydrogen-bond acceptors (Lipinski definition) is 8. The molecular formula is C22H26N6O4. The summed E-state index contributed by atoms with van der Waals surface area (Å²) in [5, 5.41) is 18.5. The molecule has 10 heteroatoms. The number of carbonyl (C=O) groups is 1. The van der Waals surface area contributed by atoms with Crippen LogP contribution in [0, 0.1) is 6.92 Å². The fourth-order valence-electron chi connectivity index (χ4n) is 2.89. The summed E-state index contributed by atoms with van der Waals surface area (Å²) in [5.74, 6) is 2.56. The summed E-state index contributed by atoms with van der Waals surface area (Å²) in [7, 11) is 4.62. The van der Waals surface area contributed by atoms with Gasteiger partial charge in [-0.15, -0.1) is 10.2 Å². The number of nitrogens with zero attached hydrogens (tertiary/aromatic N) is 4. The monoisotopic (exact) mass is 438 g/mol. The van der Waals surface area contributed by atoms with Gasteiger partial charge in [0, 0.05) is 25.4 Å². The van der Waals surface area contributed by atoms with E-state index in [1.807, 2.05) is 31.3 Å². The van der Waals surface area contributed by atoms with E-state index in [0.717, 1.165) is 11.3 Å². The summed E-state index contributed by atoms with van der Waals surface area (Å²) < 4.78 is 17.6. The predicted molar refractivity (Wildman–Crippen MR) is 121 cm³/mol. The van der Waals surface area contributed by atoms with Crippen LogP contribution in [-0.4, -0.2) is 60.3 Å². The molecule has 1 aromatic carbocycles. The van der Waals surface area contributed by atoms with Crippen LogP contribution in [0.2, 0.25) is 0 Å². The third-order valence-corrected chi connectivity index (χ3v) is 4.45. The van der Waals surface area contributed by atoms with E-state index in [1.54, 1.807) is 37.1 Å². The molecule has 0 aliphatic carbocycles. The number of carbonyl (C=O) groups excluding carboxylic acids is 1. The van der Waals surface area contributed by atoms with E-state index >= 15 is 0 Å². The molecule has 0 bridgehead atoms. The van der Waals surface area contributed by atoms with Crippen molar-refractivity contribution in [2.24, 2.45) is 0 Å². The highest BCUT2D eigenvalue weighted by Gasteiger charge is 2.12. The Kier molecular flexibility index (Phi) is 7.63. The smallest absolute Gasteiger partial charge is 0.244 e. The number of aryl methyl sites for hydroxylation is 1. The van der Waals surface area contributed by atoms with Crippen LogP contribution in [0.4, 0.5) is 5.82 Å². The molecular weight excluding hydrogens is 412 g/mol. The van der Waals surface area contributed by atoms with Crippen LogP contribution in [0.25, 0.3) is 11.9 Å². The Bertz CT molecular complexity index is 1050. The van der Waals surface area contributed by atoms with E-state index in [2.05, 4.69) is 25.9 Å². The quantitative estimate of drug-likeness (QED) is 0.366. The molecule has 0 aliphatic rings. The molecule has 0 spiro atoms. The van der Waals surface area contributed by atoms with Gasteiger partial charge in [0.1, 0.15) is 5.82 Å². The maximum Gasteiger partial charge on any atom is 0.244 e. The minimum Gasteiger partial charge on any atom is -0.493 e. The third kappa shape index (κ3) is 5.75. The molecule has 10 nitrogen and oxygen atoms in total. The van der Waals surface area contributed by atoms with E-state index in [0.29, 0.717) is 42.0 Å². The maximum absolute atomic E-state index is 12.1. The van der Waals surface area contributed by atoms with Gasteiger partial charge in [-0.25, -0.2) is 4.68 Å². The van der Waals surface area contributed by atoms with Crippen molar-refractivity contribution < 1.29 is 19.0 Å². The van der Waals surface area contributed by atoms with Crippen molar-refractivity contribution in [2.45, 2.75) is 6.92 Å². The molecule has 0 fully saturated rings. The first-order chi connectivity index (χ1) is 15.5. The summed E-state index contributed by atoms with van der Waals surface area (Å²) in [6.45, 7) is 2.83. The van der Waals surface area contributed by atoms with Crippen LogP contribution in [0.15, 0.2) is 42.6 Å². The number of nitrogens with one attached hydrogen (secondary N) is 2. The summed E-state index contributed by atoms with van der Waals surface area (Å²) in [6.07, 6.45) is 4.95. The van der Waals surface area contributed by atoms with Gasteiger partial charge in [0.15, 0.2) is 17.3 Å². The largest absolute Gasteiger partial charge is 0.493 e. The molecule has 0 atom stereocenters. The Morgan fingerprint density at radius 1 is 1.03 bits per heavy atom. The first kappa shape index (κ1) is 22.6. The first-order valence-electron chi connectivity index (χ1n) is 9.90. The lowest BCUT2D eigenvalue weighted by Gasteiger charge is -2.12. The van der Waals surface area contributed by atoms with E-state index in [9.17, 15) is 4.79 Å². The second kappa shape index (κ2) is 10.8.